The molecule has 134 valence electrons. The minimum atomic E-state index is -0.916. The zero-order valence-electron chi connectivity index (χ0n) is 15.5. The van der Waals surface area contributed by atoms with Crippen LogP contribution in [0.3, 0.4) is 0 Å². The smallest absolute Gasteiger partial charge is 0.328 e. The highest BCUT2D eigenvalue weighted by Gasteiger charge is 2.17. The maximum absolute atomic E-state index is 10.9. The van der Waals surface area contributed by atoms with E-state index in [0.29, 0.717) is 5.92 Å². The number of hydrogen-bond acceptors (Lipinski definition) is 1. The number of fused-ring (bicyclic) bond motifs is 1. The molecule has 1 N–H and O–H groups in total. The van der Waals surface area contributed by atoms with E-state index in [1.165, 1.54) is 17.2 Å². The van der Waals surface area contributed by atoms with Gasteiger partial charge in [-0.15, -0.1) is 0 Å². The van der Waals surface area contributed by atoms with Crippen LogP contribution >= 0.6 is 0 Å². The summed E-state index contributed by atoms with van der Waals surface area (Å²) >= 11 is 0. The van der Waals surface area contributed by atoms with Crippen LogP contribution in [0.4, 0.5) is 0 Å². The van der Waals surface area contributed by atoms with Gasteiger partial charge in [0.25, 0.3) is 0 Å². The number of nitrogens with zero attached hydrogens (tertiary/aromatic N) is 1. The number of carboxylic acid groups (broad SMARTS) is 1. The molecule has 0 aliphatic heterocycles. The van der Waals surface area contributed by atoms with Crippen LogP contribution in [0, 0.1) is 5.92 Å². The van der Waals surface area contributed by atoms with Gasteiger partial charge in [-0.2, -0.15) is 0 Å². The summed E-state index contributed by atoms with van der Waals surface area (Å²) in [5.74, 6) is -0.334. The number of aliphatic carboxylic acids is 1. The Morgan fingerprint density at radius 1 is 1.12 bits per heavy atom. The molecule has 0 aliphatic carbocycles. The number of benzene rings is 2. The second kappa shape index (κ2) is 7.61. The Labute approximate surface area is 154 Å². The van der Waals surface area contributed by atoms with Gasteiger partial charge in [-0.1, -0.05) is 50.2 Å². The fourth-order valence-corrected chi connectivity index (χ4v) is 3.48. The average molecular weight is 347 g/mol. The van der Waals surface area contributed by atoms with E-state index >= 15 is 0 Å². The molecule has 1 aromatic heterocycles. The Hall–Kier alpha value is -2.81. The van der Waals surface area contributed by atoms with Gasteiger partial charge in [0, 0.05) is 23.2 Å². The third-order valence-corrected chi connectivity index (χ3v) is 4.73. The van der Waals surface area contributed by atoms with E-state index in [9.17, 15) is 4.79 Å². The topological polar surface area (TPSA) is 42.2 Å². The fraction of sp³-hybridized carbons (Fsp3) is 0.261. The molecule has 1 atom stereocenters. The lowest BCUT2D eigenvalue weighted by molar-refractivity contribution is -0.131. The van der Waals surface area contributed by atoms with Gasteiger partial charge in [-0.05, 0) is 54.2 Å². The van der Waals surface area contributed by atoms with Crippen LogP contribution in [-0.4, -0.2) is 15.6 Å². The zero-order valence-corrected chi connectivity index (χ0v) is 15.5. The molecule has 1 heterocycles. The lowest BCUT2D eigenvalue weighted by Crippen LogP contribution is -2.12. The monoisotopic (exact) mass is 347 g/mol. The number of aromatic nitrogens is 1. The molecule has 0 bridgehead atoms. The average Bonchev–Trinajstić information content (AvgIpc) is 3.02. The quantitative estimate of drug-likeness (QED) is 0.576. The first-order chi connectivity index (χ1) is 12.5. The van der Waals surface area contributed by atoms with Gasteiger partial charge in [0.2, 0.25) is 0 Å². The van der Waals surface area contributed by atoms with Gasteiger partial charge in [-0.3, -0.25) is 0 Å². The summed E-state index contributed by atoms with van der Waals surface area (Å²) in [7, 11) is 0. The third kappa shape index (κ3) is 3.88. The Kier molecular flexibility index (Phi) is 5.27. The lowest BCUT2D eigenvalue weighted by Gasteiger charge is -2.23. The highest BCUT2D eigenvalue weighted by Crippen LogP contribution is 2.31. The van der Waals surface area contributed by atoms with Gasteiger partial charge >= 0.3 is 5.97 Å². The summed E-state index contributed by atoms with van der Waals surface area (Å²) < 4.78 is 2.34. The molecular weight excluding hydrogens is 322 g/mol. The normalized spacial score (nSPS) is 13.3. The van der Waals surface area contributed by atoms with E-state index in [-0.39, 0.29) is 6.04 Å². The summed E-state index contributed by atoms with van der Waals surface area (Å²) in [5.41, 5.74) is 4.18. The van der Waals surface area contributed by atoms with Crippen molar-refractivity contribution >= 4 is 22.4 Å². The molecule has 1 unspecified atom stereocenters. The minimum absolute atomic E-state index is 0.287. The van der Waals surface area contributed by atoms with E-state index in [2.05, 4.69) is 67.1 Å². The molecule has 0 radical (unpaired) electrons. The second-order valence-corrected chi connectivity index (χ2v) is 7.22. The summed E-state index contributed by atoms with van der Waals surface area (Å²) in [4.78, 5) is 10.9. The van der Waals surface area contributed by atoms with Crippen molar-refractivity contribution in [1.82, 2.24) is 4.57 Å². The molecule has 0 saturated heterocycles. The molecule has 3 nitrogen and oxygen atoms in total. The molecular formula is C23H25NO2. The maximum atomic E-state index is 10.9. The number of allylic oxidation sites excluding steroid dienone is 1. The largest absolute Gasteiger partial charge is 0.478 e. The number of rotatable bonds is 6. The van der Waals surface area contributed by atoms with Crippen LogP contribution in [0.1, 0.15) is 44.4 Å². The van der Waals surface area contributed by atoms with Crippen molar-refractivity contribution in [2.45, 2.75) is 33.2 Å². The van der Waals surface area contributed by atoms with Gasteiger partial charge < -0.3 is 9.67 Å². The van der Waals surface area contributed by atoms with Crippen molar-refractivity contribution in [2.24, 2.45) is 5.92 Å². The standard InChI is InChI=1S/C23H25NO2/c1-16(2)13-22(18-7-5-4-6-8-18)24-12-11-20-15-19(9-10-21(20)24)17(3)14-23(25)26/h4-12,14-16,22H,13H2,1-3H3,(H,25,26)/b17-14+. The summed E-state index contributed by atoms with van der Waals surface area (Å²) in [5, 5.41) is 10.1. The molecule has 0 spiro atoms. The van der Waals surface area contributed by atoms with Crippen LogP contribution in [0.15, 0.2) is 66.9 Å². The van der Waals surface area contributed by atoms with Crippen LogP contribution in [0.5, 0.6) is 0 Å². The Morgan fingerprint density at radius 2 is 1.85 bits per heavy atom. The van der Waals surface area contributed by atoms with Crippen molar-refractivity contribution in [2.75, 3.05) is 0 Å². The van der Waals surface area contributed by atoms with Gasteiger partial charge in [-0.25, -0.2) is 4.79 Å². The van der Waals surface area contributed by atoms with Crippen molar-refractivity contribution in [3.8, 4) is 0 Å². The van der Waals surface area contributed by atoms with Gasteiger partial charge in [0.1, 0.15) is 0 Å². The predicted octanol–water partition coefficient (Wildman–Crippen LogP) is 5.76. The van der Waals surface area contributed by atoms with Crippen molar-refractivity contribution < 1.29 is 9.90 Å². The van der Waals surface area contributed by atoms with Gasteiger partial charge in [0.15, 0.2) is 0 Å². The molecule has 0 amide bonds. The van der Waals surface area contributed by atoms with Crippen molar-refractivity contribution in [3.63, 3.8) is 0 Å². The number of carbonyl (C=O) groups is 1. The Balaban J connectivity index is 2.05. The van der Waals surface area contributed by atoms with Crippen LogP contribution in [0.2, 0.25) is 0 Å². The summed E-state index contributed by atoms with van der Waals surface area (Å²) in [6.07, 6.45) is 4.46. The van der Waals surface area contributed by atoms with E-state index in [1.807, 2.05) is 19.1 Å². The van der Waals surface area contributed by atoms with Crippen LogP contribution in [0.25, 0.3) is 16.5 Å². The first kappa shape index (κ1) is 18.0. The number of hydrogen-bond donors (Lipinski definition) is 1. The SMILES string of the molecule is C/C(=C\C(=O)O)c1ccc2c(ccn2C(CC(C)C)c2ccccc2)c1. The van der Waals surface area contributed by atoms with Crippen LogP contribution < -0.4 is 0 Å². The highest BCUT2D eigenvalue weighted by atomic mass is 16.4. The molecule has 3 heteroatoms. The first-order valence-corrected chi connectivity index (χ1v) is 9.03. The predicted molar refractivity (Wildman–Crippen MR) is 107 cm³/mol. The second-order valence-electron chi connectivity index (χ2n) is 7.22. The lowest BCUT2D eigenvalue weighted by atomic mass is 9.96. The molecule has 0 saturated carbocycles. The molecule has 26 heavy (non-hydrogen) atoms. The first-order valence-electron chi connectivity index (χ1n) is 9.03. The molecule has 3 aromatic rings. The van der Waals surface area contributed by atoms with Crippen molar-refractivity contribution in [3.05, 3.63) is 78.0 Å². The number of carboxylic acids is 1. The fourth-order valence-electron chi connectivity index (χ4n) is 3.48. The zero-order chi connectivity index (χ0) is 18.7. The Bertz CT molecular complexity index is 935. The van der Waals surface area contributed by atoms with Crippen LogP contribution in [-0.2, 0) is 4.79 Å². The van der Waals surface area contributed by atoms with E-state index in [1.54, 1.807) is 0 Å². The summed E-state index contributed by atoms with van der Waals surface area (Å²) in [6, 6.07) is 19.2. The third-order valence-electron chi connectivity index (χ3n) is 4.73. The molecule has 0 aliphatic rings. The summed E-state index contributed by atoms with van der Waals surface area (Å²) in [6.45, 7) is 6.33. The Morgan fingerprint density at radius 3 is 2.50 bits per heavy atom. The minimum Gasteiger partial charge on any atom is -0.478 e. The maximum Gasteiger partial charge on any atom is 0.328 e. The molecule has 2 aromatic carbocycles. The van der Waals surface area contributed by atoms with Crippen molar-refractivity contribution in [1.29, 1.82) is 0 Å². The van der Waals surface area contributed by atoms with Gasteiger partial charge in [0.05, 0.1) is 6.04 Å². The molecule has 0 fully saturated rings. The molecule has 3 rings (SSSR count). The van der Waals surface area contributed by atoms with E-state index in [0.717, 1.165) is 22.9 Å². The van der Waals surface area contributed by atoms with E-state index in [4.69, 9.17) is 5.11 Å². The highest BCUT2D eigenvalue weighted by molar-refractivity contribution is 5.92. The van der Waals surface area contributed by atoms with E-state index < -0.39 is 5.97 Å².